The fraction of sp³-hybridized carbons (Fsp3) is 0.435. The van der Waals surface area contributed by atoms with E-state index in [-0.39, 0.29) is 5.91 Å². The van der Waals surface area contributed by atoms with E-state index in [0.717, 1.165) is 30.2 Å². The molecule has 0 bridgehead atoms. The number of rotatable bonds is 9. The van der Waals surface area contributed by atoms with Crippen molar-refractivity contribution < 1.29 is 13.2 Å². The van der Waals surface area contributed by atoms with Gasteiger partial charge in [0.05, 0.1) is 11.9 Å². The Morgan fingerprint density at radius 3 is 2.17 bits per heavy atom. The number of nitrogens with zero attached hydrogens (tertiary/aromatic N) is 1. The lowest BCUT2D eigenvalue weighted by molar-refractivity contribution is -0.122. The van der Waals surface area contributed by atoms with Crippen LogP contribution in [0.4, 0.5) is 5.69 Å². The van der Waals surface area contributed by atoms with E-state index in [1.54, 1.807) is 12.1 Å². The number of carbonyl (C=O) groups is 1. The fourth-order valence-electron chi connectivity index (χ4n) is 3.46. The summed E-state index contributed by atoms with van der Waals surface area (Å²) in [7, 11) is -3.62. The minimum atomic E-state index is -3.62. The first-order valence-electron chi connectivity index (χ1n) is 10.2. The van der Waals surface area contributed by atoms with Crippen LogP contribution < -0.4 is 9.62 Å². The molecule has 1 atom stereocenters. The molecule has 0 radical (unpaired) electrons. The van der Waals surface area contributed by atoms with Gasteiger partial charge >= 0.3 is 0 Å². The number of aryl methyl sites for hydroxylation is 3. The first kappa shape index (κ1) is 22.9. The van der Waals surface area contributed by atoms with E-state index in [0.29, 0.717) is 18.7 Å². The van der Waals surface area contributed by atoms with E-state index in [1.807, 2.05) is 26.0 Å². The molecule has 0 aliphatic heterocycles. The van der Waals surface area contributed by atoms with Gasteiger partial charge in [-0.3, -0.25) is 9.10 Å². The third-order valence-corrected chi connectivity index (χ3v) is 6.31. The molecular formula is C23H32N2O3S. The van der Waals surface area contributed by atoms with Crippen molar-refractivity contribution in [3.05, 3.63) is 64.7 Å². The lowest BCUT2D eigenvalue weighted by Gasteiger charge is -2.30. The van der Waals surface area contributed by atoms with Gasteiger partial charge in [0.15, 0.2) is 0 Å². The van der Waals surface area contributed by atoms with Crippen molar-refractivity contribution in [1.82, 2.24) is 5.32 Å². The molecule has 5 nitrogen and oxygen atoms in total. The quantitative estimate of drug-likeness (QED) is 0.672. The monoisotopic (exact) mass is 416 g/mol. The average Bonchev–Trinajstić information content (AvgIpc) is 2.69. The third-order valence-electron chi connectivity index (χ3n) is 5.13. The Kier molecular flexibility index (Phi) is 7.85. The third kappa shape index (κ3) is 5.82. The van der Waals surface area contributed by atoms with Crippen LogP contribution in [0.15, 0.2) is 42.5 Å². The Hall–Kier alpha value is -2.34. The van der Waals surface area contributed by atoms with Crippen molar-refractivity contribution in [2.75, 3.05) is 10.6 Å². The molecule has 0 spiro atoms. The average molecular weight is 417 g/mol. The molecule has 29 heavy (non-hydrogen) atoms. The van der Waals surface area contributed by atoms with Gasteiger partial charge in [0.2, 0.25) is 15.9 Å². The second kappa shape index (κ2) is 9.92. The van der Waals surface area contributed by atoms with Gasteiger partial charge in [-0.25, -0.2) is 8.42 Å². The summed E-state index contributed by atoms with van der Waals surface area (Å²) in [5.74, 6) is -0.289. The summed E-state index contributed by atoms with van der Waals surface area (Å²) < 4.78 is 26.3. The molecule has 0 aromatic heterocycles. The Labute approximate surface area is 175 Å². The molecule has 0 aliphatic carbocycles. The van der Waals surface area contributed by atoms with E-state index in [2.05, 4.69) is 37.4 Å². The smallest absolute Gasteiger partial charge is 0.244 e. The Morgan fingerprint density at radius 2 is 1.66 bits per heavy atom. The molecule has 2 rings (SSSR count). The number of hydrogen-bond acceptors (Lipinski definition) is 3. The summed E-state index contributed by atoms with van der Waals surface area (Å²) in [6.45, 7) is 8.34. The van der Waals surface area contributed by atoms with Crippen molar-refractivity contribution in [2.45, 2.75) is 59.5 Å². The molecule has 0 heterocycles. The maximum absolute atomic E-state index is 13.0. The van der Waals surface area contributed by atoms with Gasteiger partial charge in [-0.15, -0.1) is 0 Å². The molecular weight excluding hydrogens is 384 g/mol. The highest BCUT2D eigenvalue weighted by Crippen LogP contribution is 2.23. The van der Waals surface area contributed by atoms with Gasteiger partial charge < -0.3 is 5.32 Å². The van der Waals surface area contributed by atoms with Crippen molar-refractivity contribution in [3.8, 4) is 0 Å². The topological polar surface area (TPSA) is 66.5 Å². The van der Waals surface area contributed by atoms with Crippen molar-refractivity contribution in [1.29, 1.82) is 0 Å². The maximum Gasteiger partial charge on any atom is 0.244 e. The molecule has 158 valence electrons. The molecule has 0 fully saturated rings. The van der Waals surface area contributed by atoms with Crippen LogP contribution in [-0.2, 0) is 34.2 Å². The van der Waals surface area contributed by atoms with Crippen molar-refractivity contribution in [3.63, 3.8) is 0 Å². The number of anilines is 1. The van der Waals surface area contributed by atoms with E-state index in [4.69, 9.17) is 0 Å². The molecule has 6 heteroatoms. The largest absolute Gasteiger partial charge is 0.350 e. The number of benzene rings is 2. The predicted molar refractivity (Wildman–Crippen MR) is 120 cm³/mol. The zero-order valence-electron chi connectivity index (χ0n) is 18.0. The molecule has 0 aliphatic rings. The summed E-state index contributed by atoms with van der Waals surface area (Å²) in [5, 5.41) is 2.96. The fourth-order valence-corrected chi connectivity index (χ4v) is 4.67. The highest BCUT2D eigenvalue weighted by Gasteiger charge is 2.31. The minimum Gasteiger partial charge on any atom is -0.350 e. The SMILES string of the molecule is CCc1ccc(CC)c(CNC(=O)C(CC)N(c2ccc(C)cc2)S(C)(=O)=O)c1. The predicted octanol–water partition coefficient (Wildman–Crippen LogP) is 3.98. The van der Waals surface area contributed by atoms with Crippen LogP contribution in [0.2, 0.25) is 0 Å². The summed E-state index contributed by atoms with van der Waals surface area (Å²) in [4.78, 5) is 13.0. The summed E-state index contributed by atoms with van der Waals surface area (Å²) in [5.41, 5.74) is 5.02. The van der Waals surface area contributed by atoms with Gasteiger partial charge in [-0.05, 0) is 55.0 Å². The van der Waals surface area contributed by atoms with Crippen molar-refractivity contribution >= 4 is 21.6 Å². The number of hydrogen-bond donors (Lipinski definition) is 1. The second-order valence-corrected chi connectivity index (χ2v) is 9.21. The van der Waals surface area contributed by atoms with Gasteiger partial charge in [0.1, 0.15) is 6.04 Å². The minimum absolute atomic E-state index is 0.289. The van der Waals surface area contributed by atoms with E-state index in [1.165, 1.54) is 15.4 Å². The highest BCUT2D eigenvalue weighted by molar-refractivity contribution is 7.92. The van der Waals surface area contributed by atoms with E-state index in [9.17, 15) is 13.2 Å². The summed E-state index contributed by atoms with van der Waals surface area (Å²) >= 11 is 0. The van der Waals surface area contributed by atoms with Crippen LogP contribution >= 0.6 is 0 Å². The lowest BCUT2D eigenvalue weighted by atomic mass is 10.0. The molecule has 0 saturated carbocycles. The highest BCUT2D eigenvalue weighted by atomic mass is 32.2. The van der Waals surface area contributed by atoms with Gasteiger partial charge in [-0.1, -0.05) is 56.7 Å². The molecule has 1 unspecified atom stereocenters. The van der Waals surface area contributed by atoms with Crippen LogP contribution in [0.5, 0.6) is 0 Å². The summed E-state index contributed by atoms with van der Waals surface area (Å²) in [6, 6.07) is 12.7. The number of nitrogens with one attached hydrogen (secondary N) is 1. The first-order chi connectivity index (χ1) is 13.7. The van der Waals surface area contributed by atoms with Gasteiger partial charge in [0, 0.05) is 6.54 Å². The second-order valence-electron chi connectivity index (χ2n) is 7.35. The molecule has 2 aromatic carbocycles. The van der Waals surface area contributed by atoms with Crippen LogP contribution in [0.3, 0.4) is 0 Å². The van der Waals surface area contributed by atoms with Gasteiger partial charge in [0.25, 0.3) is 0 Å². The first-order valence-corrected chi connectivity index (χ1v) is 12.0. The Balaban J connectivity index is 2.27. The lowest BCUT2D eigenvalue weighted by Crippen LogP contribution is -2.49. The zero-order chi connectivity index (χ0) is 21.6. The van der Waals surface area contributed by atoms with E-state index < -0.39 is 16.1 Å². The molecule has 1 amide bonds. The molecule has 2 aromatic rings. The standard InChI is InChI=1S/C23H32N2O3S/c1-6-18-11-12-19(7-2)20(15-18)16-24-23(26)22(8-3)25(29(5,27)28)21-13-9-17(4)10-14-21/h9-15,22H,6-8,16H2,1-5H3,(H,24,26). The Morgan fingerprint density at radius 1 is 1.00 bits per heavy atom. The molecule has 0 saturated heterocycles. The zero-order valence-corrected chi connectivity index (χ0v) is 18.8. The number of sulfonamides is 1. The normalized spacial score (nSPS) is 12.4. The molecule has 1 N–H and O–H groups in total. The number of amides is 1. The van der Waals surface area contributed by atoms with E-state index >= 15 is 0 Å². The summed E-state index contributed by atoms with van der Waals surface area (Å²) in [6.07, 6.45) is 3.33. The van der Waals surface area contributed by atoms with Crippen LogP contribution in [0, 0.1) is 6.92 Å². The maximum atomic E-state index is 13.0. The van der Waals surface area contributed by atoms with Gasteiger partial charge in [-0.2, -0.15) is 0 Å². The van der Waals surface area contributed by atoms with Crippen molar-refractivity contribution in [2.24, 2.45) is 0 Å². The Bertz CT molecular complexity index is 937. The number of carbonyl (C=O) groups excluding carboxylic acids is 1. The van der Waals surface area contributed by atoms with Crippen LogP contribution in [0.25, 0.3) is 0 Å². The van der Waals surface area contributed by atoms with Crippen LogP contribution in [0.1, 0.15) is 49.4 Å². The van der Waals surface area contributed by atoms with Crippen LogP contribution in [-0.4, -0.2) is 26.6 Å².